The largest absolute Gasteiger partial charge is 0.383 e. The highest BCUT2D eigenvalue weighted by molar-refractivity contribution is 5.33. The van der Waals surface area contributed by atoms with Crippen molar-refractivity contribution in [3.8, 4) is 0 Å². The summed E-state index contributed by atoms with van der Waals surface area (Å²) in [7, 11) is 6.02. The lowest BCUT2D eigenvalue weighted by molar-refractivity contribution is 0.116. The molecule has 0 saturated heterocycles. The van der Waals surface area contributed by atoms with Gasteiger partial charge < -0.3 is 10.1 Å². The summed E-state index contributed by atoms with van der Waals surface area (Å²) >= 11 is 0. The average molecular weight is 248 g/mol. The maximum atomic E-state index is 5.18. The molecule has 100 valence electrons. The van der Waals surface area contributed by atoms with Crippen LogP contribution in [0.2, 0.25) is 0 Å². The molecule has 1 aromatic carbocycles. The Morgan fingerprint density at radius 3 is 2.89 bits per heavy atom. The van der Waals surface area contributed by atoms with E-state index in [4.69, 9.17) is 4.74 Å². The number of hydrogen-bond acceptors (Lipinski definition) is 3. The molecule has 0 aliphatic heterocycles. The number of rotatable bonds is 5. The second kappa shape index (κ2) is 6.32. The Morgan fingerprint density at radius 2 is 2.17 bits per heavy atom. The zero-order valence-corrected chi connectivity index (χ0v) is 11.6. The Morgan fingerprint density at radius 1 is 1.39 bits per heavy atom. The van der Waals surface area contributed by atoms with Crippen LogP contribution in [0, 0.1) is 0 Å². The molecule has 2 atom stereocenters. The lowest BCUT2D eigenvalue weighted by Gasteiger charge is -2.39. The molecule has 1 N–H and O–H groups in total. The molecule has 0 bridgehead atoms. The van der Waals surface area contributed by atoms with Crippen LogP contribution in [-0.2, 0) is 11.2 Å². The van der Waals surface area contributed by atoms with E-state index in [1.807, 2.05) is 0 Å². The number of hydrogen-bond donors (Lipinski definition) is 1. The van der Waals surface area contributed by atoms with Crippen molar-refractivity contribution in [2.45, 2.75) is 24.9 Å². The molecule has 0 saturated carbocycles. The van der Waals surface area contributed by atoms with Gasteiger partial charge in [-0.3, -0.25) is 4.90 Å². The van der Waals surface area contributed by atoms with Crippen molar-refractivity contribution in [1.82, 2.24) is 10.2 Å². The van der Waals surface area contributed by atoms with Gasteiger partial charge in [-0.05, 0) is 38.1 Å². The van der Waals surface area contributed by atoms with Crippen LogP contribution in [0.25, 0.3) is 0 Å². The Labute approximate surface area is 110 Å². The van der Waals surface area contributed by atoms with Gasteiger partial charge in [-0.25, -0.2) is 0 Å². The van der Waals surface area contributed by atoms with Crippen LogP contribution in [0.5, 0.6) is 0 Å². The van der Waals surface area contributed by atoms with Gasteiger partial charge in [-0.15, -0.1) is 0 Å². The quantitative estimate of drug-likeness (QED) is 0.860. The van der Waals surface area contributed by atoms with Crippen LogP contribution in [0.4, 0.5) is 0 Å². The highest BCUT2D eigenvalue weighted by Crippen LogP contribution is 2.32. The number of nitrogens with zero attached hydrogens (tertiary/aromatic N) is 1. The molecule has 2 unspecified atom stereocenters. The molecule has 3 nitrogen and oxygen atoms in total. The summed E-state index contributed by atoms with van der Waals surface area (Å²) in [6.07, 6.45) is 2.39. The van der Waals surface area contributed by atoms with Crippen molar-refractivity contribution < 1.29 is 4.74 Å². The van der Waals surface area contributed by atoms with E-state index in [1.165, 1.54) is 24.0 Å². The van der Waals surface area contributed by atoms with Crippen LogP contribution in [0.3, 0.4) is 0 Å². The third-order valence-corrected chi connectivity index (χ3v) is 4.01. The monoisotopic (exact) mass is 248 g/mol. The molecule has 18 heavy (non-hydrogen) atoms. The molecule has 0 aromatic heterocycles. The Bertz CT molecular complexity index is 381. The lowest BCUT2D eigenvalue weighted by Crippen LogP contribution is -2.45. The Balaban J connectivity index is 2.14. The van der Waals surface area contributed by atoms with Crippen molar-refractivity contribution >= 4 is 0 Å². The van der Waals surface area contributed by atoms with Gasteiger partial charge in [0.25, 0.3) is 0 Å². The minimum atomic E-state index is 0.428. The number of aryl methyl sites for hydroxylation is 1. The normalized spacial score (nSPS) is 23.1. The third-order valence-electron chi connectivity index (χ3n) is 4.01. The predicted molar refractivity (Wildman–Crippen MR) is 74.9 cm³/mol. The molecular weight excluding hydrogens is 224 g/mol. The van der Waals surface area contributed by atoms with Crippen LogP contribution in [-0.4, -0.2) is 45.3 Å². The minimum Gasteiger partial charge on any atom is -0.383 e. The van der Waals surface area contributed by atoms with Gasteiger partial charge in [0.05, 0.1) is 6.61 Å². The fourth-order valence-corrected chi connectivity index (χ4v) is 2.97. The maximum absolute atomic E-state index is 5.18. The van der Waals surface area contributed by atoms with Crippen molar-refractivity contribution in [3.63, 3.8) is 0 Å². The van der Waals surface area contributed by atoms with E-state index in [0.29, 0.717) is 12.1 Å². The molecule has 2 rings (SSSR count). The molecule has 0 radical (unpaired) electrons. The zero-order valence-electron chi connectivity index (χ0n) is 11.6. The van der Waals surface area contributed by atoms with Crippen molar-refractivity contribution in [1.29, 1.82) is 0 Å². The van der Waals surface area contributed by atoms with Gasteiger partial charge >= 0.3 is 0 Å². The van der Waals surface area contributed by atoms with E-state index in [1.54, 1.807) is 7.11 Å². The summed E-state index contributed by atoms with van der Waals surface area (Å²) in [5.74, 6) is 0. The number of methoxy groups -OCH3 is 1. The van der Waals surface area contributed by atoms with Gasteiger partial charge in [0.1, 0.15) is 0 Å². The minimum absolute atomic E-state index is 0.428. The first kappa shape index (κ1) is 13.5. The first-order valence-corrected chi connectivity index (χ1v) is 6.72. The topological polar surface area (TPSA) is 24.5 Å². The number of likely N-dealkylation sites (N-methyl/N-ethyl adjacent to an activating group) is 2. The molecule has 0 fully saturated rings. The highest BCUT2D eigenvalue weighted by atomic mass is 16.5. The lowest BCUT2D eigenvalue weighted by atomic mass is 9.83. The second-order valence-electron chi connectivity index (χ2n) is 5.04. The first-order chi connectivity index (χ1) is 8.77. The van der Waals surface area contributed by atoms with E-state index in [0.717, 1.165) is 13.2 Å². The summed E-state index contributed by atoms with van der Waals surface area (Å²) in [6.45, 7) is 1.78. The van der Waals surface area contributed by atoms with E-state index >= 15 is 0 Å². The van der Waals surface area contributed by atoms with Gasteiger partial charge in [-0.2, -0.15) is 0 Å². The molecule has 0 amide bonds. The van der Waals surface area contributed by atoms with Gasteiger partial charge in [0.2, 0.25) is 0 Å². The van der Waals surface area contributed by atoms with Crippen LogP contribution in [0.1, 0.15) is 23.6 Å². The van der Waals surface area contributed by atoms with E-state index < -0.39 is 0 Å². The Kier molecular flexibility index (Phi) is 4.75. The van der Waals surface area contributed by atoms with Gasteiger partial charge in [-0.1, -0.05) is 24.3 Å². The van der Waals surface area contributed by atoms with Crippen molar-refractivity contribution in [2.24, 2.45) is 0 Å². The van der Waals surface area contributed by atoms with Gasteiger partial charge in [0, 0.05) is 25.7 Å². The van der Waals surface area contributed by atoms with Crippen molar-refractivity contribution in [2.75, 3.05) is 34.4 Å². The first-order valence-electron chi connectivity index (χ1n) is 6.72. The van der Waals surface area contributed by atoms with Crippen LogP contribution < -0.4 is 5.32 Å². The van der Waals surface area contributed by atoms with Gasteiger partial charge in [0.15, 0.2) is 0 Å². The third kappa shape index (κ3) is 2.74. The fraction of sp³-hybridized carbons (Fsp3) is 0.600. The average Bonchev–Trinajstić information content (AvgIpc) is 2.43. The van der Waals surface area contributed by atoms with Crippen molar-refractivity contribution in [3.05, 3.63) is 35.4 Å². The van der Waals surface area contributed by atoms with Crippen LogP contribution >= 0.6 is 0 Å². The smallest absolute Gasteiger partial charge is 0.0589 e. The fourth-order valence-electron chi connectivity index (χ4n) is 2.97. The standard InChI is InChI=1S/C15H24N2O/c1-16-15-13-7-5-4-6-12(13)8-9-14(15)17(2)10-11-18-3/h4-7,14-16H,8-11H2,1-3H3. The Hall–Kier alpha value is -0.900. The number of ether oxygens (including phenoxy) is 1. The highest BCUT2D eigenvalue weighted by Gasteiger charge is 2.30. The summed E-state index contributed by atoms with van der Waals surface area (Å²) in [6, 6.07) is 9.77. The SMILES string of the molecule is CNC1c2ccccc2CCC1N(C)CCOC. The van der Waals surface area contributed by atoms with E-state index in [-0.39, 0.29) is 0 Å². The van der Waals surface area contributed by atoms with E-state index in [2.05, 4.69) is 48.6 Å². The molecule has 1 aliphatic rings. The summed E-state index contributed by atoms with van der Waals surface area (Å²) in [4.78, 5) is 2.42. The molecule has 1 aromatic rings. The molecule has 0 heterocycles. The zero-order chi connectivity index (χ0) is 13.0. The summed E-state index contributed by atoms with van der Waals surface area (Å²) in [5, 5.41) is 3.49. The maximum Gasteiger partial charge on any atom is 0.0589 e. The number of nitrogens with one attached hydrogen (secondary N) is 1. The number of benzene rings is 1. The molecule has 1 aliphatic carbocycles. The summed E-state index contributed by atoms with van der Waals surface area (Å²) < 4.78 is 5.18. The molecule has 0 spiro atoms. The summed E-state index contributed by atoms with van der Waals surface area (Å²) in [5.41, 5.74) is 2.95. The molecular formula is C15H24N2O. The predicted octanol–water partition coefficient (Wildman–Crippen LogP) is 1.84. The second-order valence-corrected chi connectivity index (χ2v) is 5.04. The number of fused-ring (bicyclic) bond motifs is 1. The van der Waals surface area contributed by atoms with Crippen LogP contribution in [0.15, 0.2) is 24.3 Å². The van der Waals surface area contributed by atoms with E-state index in [9.17, 15) is 0 Å². The molecule has 3 heteroatoms.